The van der Waals surface area contributed by atoms with E-state index >= 15 is 0 Å². The van der Waals surface area contributed by atoms with Crippen molar-refractivity contribution in [3.05, 3.63) is 58.0 Å². The van der Waals surface area contributed by atoms with E-state index < -0.39 is 23.3 Å². The van der Waals surface area contributed by atoms with Crippen LogP contribution in [0.3, 0.4) is 0 Å². The van der Waals surface area contributed by atoms with E-state index in [4.69, 9.17) is 0 Å². The summed E-state index contributed by atoms with van der Waals surface area (Å²) in [6, 6.07) is 4.09. The third-order valence-corrected chi connectivity index (χ3v) is 5.16. The standard InChI is InChI=1S/C16H4Br4F4/c17-15(18)13-5-1-9(21)10(22)2-6(5)14(16(19)20)8-4-12(24)11(23)3-7(8)13/h1-4H. The van der Waals surface area contributed by atoms with Gasteiger partial charge >= 0.3 is 0 Å². The maximum absolute atomic E-state index is 13.8. The molecule has 0 unspecified atom stereocenters. The number of halogens is 8. The molecule has 0 saturated heterocycles. The molecule has 0 radical (unpaired) electrons. The first-order valence-electron chi connectivity index (χ1n) is 6.32. The highest BCUT2D eigenvalue weighted by molar-refractivity contribution is 9.34. The average Bonchev–Trinajstić information content (AvgIpc) is 2.47. The summed E-state index contributed by atoms with van der Waals surface area (Å²) >= 11 is 13.0. The summed E-state index contributed by atoms with van der Waals surface area (Å²) < 4.78 is 56.0. The third kappa shape index (κ3) is 2.95. The Morgan fingerprint density at radius 1 is 0.500 bits per heavy atom. The Bertz CT molecular complexity index is 966. The predicted octanol–water partition coefficient (Wildman–Crippen LogP) is 6.26. The largest absolute Gasteiger partial charge is 0.204 e. The smallest absolute Gasteiger partial charge is 0.159 e. The zero-order valence-corrected chi connectivity index (χ0v) is 17.7. The first kappa shape index (κ1) is 18.4. The van der Waals surface area contributed by atoms with Crippen LogP contribution < -0.4 is 10.4 Å². The van der Waals surface area contributed by atoms with Crippen LogP contribution in [0.15, 0.2) is 24.3 Å². The van der Waals surface area contributed by atoms with Crippen molar-refractivity contribution in [1.82, 2.24) is 0 Å². The molecule has 0 heterocycles. The molecule has 0 N–H and O–H groups in total. The number of benzene rings is 3. The van der Waals surface area contributed by atoms with E-state index in [9.17, 15) is 17.6 Å². The zero-order valence-electron chi connectivity index (χ0n) is 11.3. The van der Waals surface area contributed by atoms with Gasteiger partial charge in [0.05, 0.1) is 6.78 Å². The van der Waals surface area contributed by atoms with Gasteiger partial charge < -0.3 is 0 Å². The molecule has 0 bridgehead atoms. The van der Waals surface area contributed by atoms with Crippen molar-refractivity contribution >= 4 is 92.0 Å². The fourth-order valence-corrected chi connectivity index (χ4v) is 4.33. The van der Waals surface area contributed by atoms with Gasteiger partial charge in [0.2, 0.25) is 0 Å². The Labute approximate surface area is 166 Å². The summed E-state index contributed by atoms with van der Waals surface area (Å²) in [5.41, 5.74) is 0. The molecule has 0 aliphatic heterocycles. The fourth-order valence-electron chi connectivity index (χ4n) is 2.62. The van der Waals surface area contributed by atoms with Gasteiger partial charge in [0.25, 0.3) is 0 Å². The van der Waals surface area contributed by atoms with Crippen LogP contribution in [0.1, 0.15) is 0 Å². The van der Waals surface area contributed by atoms with Crippen molar-refractivity contribution in [3.63, 3.8) is 0 Å². The molecule has 3 rings (SSSR count). The maximum Gasteiger partial charge on any atom is 0.159 e. The third-order valence-electron chi connectivity index (χ3n) is 3.58. The monoisotopic (exact) mass is 588 g/mol. The number of rotatable bonds is 0. The lowest BCUT2D eigenvalue weighted by atomic mass is 9.98. The van der Waals surface area contributed by atoms with Crippen molar-refractivity contribution in [2.45, 2.75) is 0 Å². The Morgan fingerprint density at radius 3 is 0.875 bits per heavy atom. The van der Waals surface area contributed by atoms with Gasteiger partial charge in [0.1, 0.15) is 0 Å². The minimum atomic E-state index is -1.04. The van der Waals surface area contributed by atoms with Crippen LogP contribution in [0.25, 0.3) is 28.3 Å². The maximum atomic E-state index is 13.8. The molecule has 24 heavy (non-hydrogen) atoms. The molecule has 3 aromatic carbocycles. The van der Waals surface area contributed by atoms with Gasteiger partial charge in [-0.05, 0) is 110 Å². The number of hydrogen-bond donors (Lipinski definition) is 0. The van der Waals surface area contributed by atoms with E-state index in [-0.39, 0.29) is 0 Å². The lowest BCUT2D eigenvalue weighted by Gasteiger charge is -2.10. The molecule has 0 saturated carbocycles. The molecular formula is C16H4Br4F4. The van der Waals surface area contributed by atoms with E-state index in [1.54, 1.807) is 0 Å². The van der Waals surface area contributed by atoms with E-state index in [1.165, 1.54) is 0 Å². The van der Waals surface area contributed by atoms with Gasteiger partial charge in [-0.1, -0.05) is 0 Å². The highest BCUT2D eigenvalue weighted by Crippen LogP contribution is 2.26. The van der Waals surface area contributed by atoms with Crippen molar-refractivity contribution in [2.24, 2.45) is 0 Å². The SMILES string of the molecule is Fc1cc2c(=C(Br)Br)c3cc(F)c(F)cc3c(=C(Br)Br)c2cc1F. The second-order valence-electron chi connectivity index (χ2n) is 4.89. The van der Waals surface area contributed by atoms with Crippen LogP contribution in [0.5, 0.6) is 0 Å². The lowest BCUT2D eigenvalue weighted by molar-refractivity contribution is 0.510. The summed E-state index contributed by atoms with van der Waals surface area (Å²) in [7, 11) is 0. The molecule has 0 atom stereocenters. The van der Waals surface area contributed by atoms with Gasteiger partial charge in [0, 0.05) is 10.4 Å². The highest BCUT2D eigenvalue weighted by Gasteiger charge is 2.15. The van der Waals surface area contributed by atoms with Gasteiger partial charge in [-0.2, -0.15) is 0 Å². The molecule has 0 aliphatic carbocycles. The Balaban J connectivity index is 2.88. The Hall–Kier alpha value is -0.440. The minimum absolute atomic E-state index is 0.336. The lowest BCUT2D eigenvalue weighted by Crippen LogP contribution is -2.17. The second-order valence-corrected chi connectivity index (χ2v) is 10.2. The molecule has 3 aromatic rings. The van der Waals surface area contributed by atoms with Crippen molar-refractivity contribution in [2.75, 3.05) is 0 Å². The average molecular weight is 592 g/mol. The van der Waals surface area contributed by atoms with Crippen molar-refractivity contribution < 1.29 is 17.6 Å². The van der Waals surface area contributed by atoms with Gasteiger partial charge in [0.15, 0.2) is 23.3 Å². The van der Waals surface area contributed by atoms with E-state index in [1.807, 2.05) is 0 Å². The van der Waals surface area contributed by atoms with Crippen LogP contribution in [-0.2, 0) is 0 Å². The number of fused-ring (bicyclic) bond motifs is 2. The van der Waals surface area contributed by atoms with Crippen molar-refractivity contribution in [1.29, 1.82) is 0 Å². The predicted molar refractivity (Wildman–Crippen MR) is 103 cm³/mol. The topological polar surface area (TPSA) is 0 Å². The van der Waals surface area contributed by atoms with Gasteiger partial charge in [-0.3, -0.25) is 0 Å². The first-order chi connectivity index (χ1) is 11.2. The quantitative estimate of drug-likeness (QED) is 0.214. The second kappa shape index (κ2) is 6.70. The zero-order chi connectivity index (χ0) is 17.8. The highest BCUT2D eigenvalue weighted by atomic mass is 79.9. The molecule has 0 aromatic heterocycles. The Kier molecular flexibility index (Phi) is 5.12. The van der Waals surface area contributed by atoms with E-state index in [0.717, 1.165) is 24.3 Å². The van der Waals surface area contributed by atoms with Crippen LogP contribution in [0.2, 0.25) is 0 Å². The molecule has 124 valence electrons. The first-order valence-corrected chi connectivity index (χ1v) is 9.49. The van der Waals surface area contributed by atoms with Crippen LogP contribution in [0, 0.1) is 23.3 Å². The van der Waals surface area contributed by atoms with Gasteiger partial charge in [-0.15, -0.1) is 0 Å². The summed E-state index contributed by atoms with van der Waals surface area (Å²) in [5.74, 6) is -4.15. The van der Waals surface area contributed by atoms with Crippen LogP contribution in [-0.4, -0.2) is 0 Å². The molecule has 0 aliphatic rings. The van der Waals surface area contributed by atoms with Crippen LogP contribution in [0.4, 0.5) is 17.6 Å². The number of hydrogen-bond acceptors (Lipinski definition) is 0. The molecule has 0 spiro atoms. The van der Waals surface area contributed by atoms with Crippen molar-refractivity contribution in [3.8, 4) is 0 Å². The van der Waals surface area contributed by atoms with Crippen LogP contribution >= 0.6 is 63.7 Å². The summed E-state index contributed by atoms with van der Waals surface area (Å²) in [4.78, 5) is 0. The summed E-state index contributed by atoms with van der Waals surface area (Å²) in [6.07, 6.45) is 0. The molecule has 0 nitrogen and oxygen atoms in total. The fraction of sp³-hybridized carbons (Fsp3) is 0. The molecular weight excluding hydrogens is 588 g/mol. The molecule has 8 heteroatoms. The summed E-state index contributed by atoms with van der Waals surface area (Å²) in [5, 5.41) is 2.13. The minimum Gasteiger partial charge on any atom is -0.204 e. The van der Waals surface area contributed by atoms with E-state index in [2.05, 4.69) is 63.7 Å². The summed E-state index contributed by atoms with van der Waals surface area (Å²) in [6.45, 7) is 0. The molecule has 0 amide bonds. The van der Waals surface area contributed by atoms with E-state index in [0.29, 0.717) is 38.8 Å². The Morgan fingerprint density at radius 2 is 0.708 bits per heavy atom. The normalized spacial score (nSPS) is 11.3. The molecule has 0 fully saturated rings. The van der Waals surface area contributed by atoms with Gasteiger partial charge in [-0.25, -0.2) is 17.6 Å².